The first-order valence-electron chi connectivity index (χ1n) is 6.18. The van der Waals surface area contributed by atoms with E-state index in [1.807, 2.05) is 6.20 Å². The third kappa shape index (κ3) is 2.10. The van der Waals surface area contributed by atoms with E-state index < -0.39 is 0 Å². The molecule has 1 N–H and O–H groups in total. The van der Waals surface area contributed by atoms with Crippen LogP contribution in [0.25, 0.3) is 10.9 Å². The number of hydrogen-bond donors (Lipinski definition) is 1. The van der Waals surface area contributed by atoms with Gasteiger partial charge in [-0.3, -0.25) is 4.98 Å². The van der Waals surface area contributed by atoms with Gasteiger partial charge in [-0.15, -0.1) is 0 Å². The normalized spacial score (nSPS) is 19.7. The van der Waals surface area contributed by atoms with Crippen LogP contribution in [0.15, 0.2) is 34.9 Å². The van der Waals surface area contributed by atoms with Crippen molar-refractivity contribution >= 4 is 32.5 Å². The maximum atomic E-state index is 9.23. The first-order chi connectivity index (χ1) is 8.78. The van der Waals surface area contributed by atoms with Crippen molar-refractivity contribution in [2.75, 3.05) is 24.6 Å². The zero-order valence-electron chi connectivity index (χ0n) is 10.0. The highest BCUT2D eigenvalue weighted by Gasteiger charge is 2.23. The quantitative estimate of drug-likeness (QED) is 0.927. The van der Waals surface area contributed by atoms with Gasteiger partial charge < -0.3 is 10.0 Å². The molecule has 1 aliphatic heterocycles. The fraction of sp³-hybridized carbons (Fsp3) is 0.357. The molecule has 2 heterocycles. The second-order valence-electron chi connectivity index (χ2n) is 4.79. The molecule has 1 aromatic carbocycles. The lowest BCUT2D eigenvalue weighted by atomic mass is 10.1. The summed E-state index contributed by atoms with van der Waals surface area (Å²) in [5.41, 5.74) is 2.22. The van der Waals surface area contributed by atoms with Crippen LogP contribution < -0.4 is 4.90 Å². The van der Waals surface area contributed by atoms with Crippen molar-refractivity contribution in [2.45, 2.75) is 6.42 Å². The minimum Gasteiger partial charge on any atom is -0.396 e. The molecule has 0 bridgehead atoms. The number of nitrogens with zero attached hydrogens (tertiary/aromatic N) is 2. The Labute approximate surface area is 115 Å². The molecule has 18 heavy (non-hydrogen) atoms. The lowest BCUT2D eigenvalue weighted by Gasteiger charge is -2.19. The topological polar surface area (TPSA) is 36.4 Å². The van der Waals surface area contributed by atoms with E-state index in [0.29, 0.717) is 5.92 Å². The summed E-state index contributed by atoms with van der Waals surface area (Å²) < 4.78 is 1.00. The molecular formula is C14H15BrN2O. The van der Waals surface area contributed by atoms with E-state index in [2.05, 4.69) is 50.1 Å². The van der Waals surface area contributed by atoms with Crippen LogP contribution >= 0.6 is 15.9 Å². The van der Waals surface area contributed by atoms with E-state index in [1.165, 1.54) is 5.69 Å². The highest BCUT2D eigenvalue weighted by Crippen LogP contribution is 2.30. The Morgan fingerprint density at radius 2 is 2.33 bits per heavy atom. The number of aliphatic hydroxyl groups excluding tert-OH is 1. The predicted octanol–water partition coefficient (Wildman–Crippen LogP) is 2.82. The maximum Gasteiger partial charge on any atom is 0.0936 e. The Balaban J connectivity index is 2.02. The molecule has 0 saturated carbocycles. The van der Waals surface area contributed by atoms with Gasteiger partial charge in [0.25, 0.3) is 0 Å². The van der Waals surface area contributed by atoms with E-state index in [9.17, 15) is 5.11 Å². The SMILES string of the molecule is OCC1CCN(c2cccc3cc(Br)cnc23)C1. The van der Waals surface area contributed by atoms with Crippen molar-refractivity contribution in [3.63, 3.8) is 0 Å². The molecule has 94 valence electrons. The Morgan fingerprint density at radius 1 is 1.44 bits per heavy atom. The summed E-state index contributed by atoms with van der Waals surface area (Å²) >= 11 is 3.45. The number of anilines is 1. The molecule has 3 rings (SSSR count). The van der Waals surface area contributed by atoms with Crippen LogP contribution in [0.3, 0.4) is 0 Å². The van der Waals surface area contributed by atoms with E-state index in [-0.39, 0.29) is 6.61 Å². The molecule has 2 aromatic rings. The predicted molar refractivity (Wildman–Crippen MR) is 76.8 cm³/mol. The molecule has 0 radical (unpaired) electrons. The monoisotopic (exact) mass is 306 g/mol. The average molecular weight is 307 g/mol. The van der Waals surface area contributed by atoms with Crippen LogP contribution in [0.2, 0.25) is 0 Å². The maximum absolute atomic E-state index is 9.23. The van der Waals surface area contributed by atoms with E-state index in [4.69, 9.17) is 0 Å². The van der Waals surface area contributed by atoms with Crippen LogP contribution in [0.4, 0.5) is 5.69 Å². The minimum atomic E-state index is 0.278. The van der Waals surface area contributed by atoms with Crippen LogP contribution in [-0.2, 0) is 0 Å². The molecule has 4 heteroatoms. The van der Waals surface area contributed by atoms with Gasteiger partial charge in [0.1, 0.15) is 0 Å². The summed E-state index contributed by atoms with van der Waals surface area (Å²) in [5, 5.41) is 10.4. The van der Waals surface area contributed by atoms with Crippen molar-refractivity contribution in [3.8, 4) is 0 Å². The van der Waals surface area contributed by atoms with E-state index >= 15 is 0 Å². The van der Waals surface area contributed by atoms with Crippen molar-refractivity contribution in [1.82, 2.24) is 4.98 Å². The number of pyridine rings is 1. The van der Waals surface area contributed by atoms with Crippen LogP contribution in [0.5, 0.6) is 0 Å². The fourth-order valence-corrected chi connectivity index (χ4v) is 2.92. The summed E-state index contributed by atoms with van der Waals surface area (Å²) in [5.74, 6) is 0.399. The van der Waals surface area contributed by atoms with Crippen molar-refractivity contribution in [3.05, 3.63) is 34.9 Å². The molecule has 1 unspecified atom stereocenters. The van der Waals surface area contributed by atoms with Gasteiger partial charge in [-0.25, -0.2) is 0 Å². The number of hydrogen-bond acceptors (Lipinski definition) is 3. The van der Waals surface area contributed by atoms with Crippen molar-refractivity contribution < 1.29 is 5.11 Å². The third-order valence-electron chi connectivity index (χ3n) is 3.54. The molecule has 3 nitrogen and oxygen atoms in total. The Kier molecular flexibility index (Phi) is 3.22. The minimum absolute atomic E-state index is 0.278. The standard InChI is InChI=1S/C14H15BrN2O/c15-12-6-11-2-1-3-13(14(11)16-7-12)17-5-4-10(8-17)9-18/h1-3,6-7,10,18H,4-5,8-9H2. The Morgan fingerprint density at radius 3 is 3.11 bits per heavy atom. The molecule has 0 spiro atoms. The highest BCUT2D eigenvalue weighted by atomic mass is 79.9. The molecule has 0 aliphatic carbocycles. The molecule has 1 aliphatic rings. The molecule has 0 amide bonds. The average Bonchev–Trinajstić information content (AvgIpc) is 2.86. The molecular weight excluding hydrogens is 292 g/mol. The molecule has 1 atom stereocenters. The number of para-hydroxylation sites is 1. The van der Waals surface area contributed by atoms with Gasteiger partial charge in [0.2, 0.25) is 0 Å². The molecule has 1 aromatic heterocycles. The van der Waals surface area contributed by atoms with Crippen LogP contribution in [-0.4, -0.2) is 29.8 Å². The number of aromatic nitrogens is 1. The second-order valence-corrected chi connectivity index (χ2v) is 5.70. The number of rotatable bonds is 2. The zero-order valence-corrected chi connectivity index (χ0v) is 11.6. The molecule has 1 fully saturated rings. The first kappa shape index (κ1) is 11.9. The van der Waals surface area contributed by atoms with Crippen LogP contribution in [0.1, 0.15) is 6.42 Å². The number of halogens is 1. The van der Waals surface area contributed by atoms with E-state index in [0.717, 1.165) is 34.9 Å². The Bertz CT molecular complexity index is 573. The van der Waals surface area contributed by atoms with E-state index in [1.54, 1.807) is 0 Å². The molecule has 1 saturated heterocycles. The largest absolute Gasteiger partial charge is 0.396 e. The third-order valence-corrected chi connectivity index (χ3v) is 3.97. The smallest absolute Gasteiger partial charge is 0.0936 e. The van der Waals surface area contributed by atoms with Crippen molar-refractivity contribution in [2.24, 2.45) is 5.92 Å². The lowest BCUT2D eigenvalue weighted by molar-refractivity contribution is 0.238. The summed E-state index contributed by atoms with van der Waals surface area (Å²) in [6.45, 7) is 2.20. The first-order valence-corrected chi connectivity index (χ1v) is 6.97. The number of fused-ring (bicyclic) bond motifs is 1. The fourth-order valence-electron chi connectivity index (χ4n) is 2.57. The van der Waals surface area contributed by atoms with Gasteiger partial charge in [0, 0.05) is 41.7 Å². The van der Waals surface area contributed by atoms with Crippen molar-refractivity contribution in [1.29, 1.82) is 0 Å². The zero-order chi connectivity index (χ0) is 12.5. The van der Waals surface area contributed by atoms with Gasteiger partial charge in [-0.05, 0) is 34.5 Å². The van der Waals surface area contributed by atoms with Gasteiger partial charge >= 0.3 is 0 Å². The van der Waals surface area contributed by atoms with Gasteiger partial charge in [-0.2, -0.15) is 0 Å². The number of benzene rings is 1. The second kappa shape index (κ2) is 4.86. The van der Waals surface area contributed by atoms with Gasteiger partial charge in [-0.1, -0.05) is 12.1 Å². The Hall–Kier alpha value is -1.13. The number of aliphatic hydroxyl groups is 1. The summed E-state index contributed by atoms with van der Waals surface area (Å²) in [4.78, 5) is 6.85. The summed E-state index contributed by atoms with van der Waals surface area (Å²) in [6, 6.07) is 8.35. The van der Waals surface area contributed by atoms with Crippen LogP contribution in [0, 0.1) is 5.92 Å². The van der Waals surface area contributed by atoms with Gasteiger partial charge in [0.15, 0.2) is 0 Å². The lowest BCUT2D eigenvalue weighted by Crippen LogP contribution is -2.20. The summed E-state index contributed by atoms with van der Waals surface area (Å²) in [6.07, 6.45) is 2.90. The van der Waals surface area contributed by atoms with Gasteiger partial charge in [0.05, 0.1) is 11.2 Å². The highest BCUT2D eigenvalue weighted by molar-refractivity contribution is 9.10. The summed E-state index contributed by atoms with van der Waals surface area (Å²) in [7, 11) is 0.